The number of allylic oxidation sites excluding steroid dienone is 2. The largest absolute Gasteiger partial charge is 0.359 e. The zero-order valence-corrected chi connectivity index (χ0v) is 28.4. The van der Waals surface area contributed by atoms with Crippen molar-refractivity contribution in [1.29, 1.82) is 0 Å². The third-order valence-corrected chi connectivity index (χ3v) is 15.0. The minimum Gasteiger partial charge on any atom is -0.359 e. The van der Waals surface area contributed by atoms with Crippen LogP contribution < -0.4 is 0 Å². The van der Waals surface area contributed by atoms with E-state index in [1.807, 2.05) is 0 Å². The molecule has 6 fully saturated rings. The highest BCUT2D eigenvalue weighted by atomic mass is 32.2. The number of alkyl halides is 21. The van der Waals surface area contributed by atoms with Gasteiger partial charge >= 0.3 is 35.5 Å². The fourth-order valence-electron chi connectivity index (χ4n) is 10.1. The summed E-state index contributed by atoms with van der Waals surface area (Å²) in [5.74, 6) is -35.9. The highest BCUT2D eigenvalue weighted by molar-refractivity contribution is 8.01. The lowest BCUT2D eigenvalue weighted by Crippen LogP contribution is -2.68. The fourth-order valence-corrected chi connectivity index (χ4v) is 11.9. The van der Waals surface area contributed by atoms with Crippen molar-refractivity contribution in [3.05, 3.63) is 36.5 Å². The normalized spacial score (nSPS) is 57.4. The molecule has 4 heterocycles. The van der Waals surface area contributed by atoms with Crippen LogP contribution in [0.25, 0.3) is 0 Å². The maximum Gasteiger partial charge on any atom is 0.353 e. The van der Waals surface area contributed by atoms with Gasteiger partial charge in [-0.05, 0) is 33.6 Å². The second-order valence-electron chi connectivity index (χ2n) is 15.6. The molecule has 0 radical (unpaired) electrons. The number of thioether (sulfide) groups is 1. The van der Waals surface area contributed by atoms with E-state index >= 15 is 0 Å². The Morgan fingerprint density at radius 1 is 0.375 bits per heavy atom. The highest BCUT2D eigenvalue weighted by Gasteiger charge is 3.03. The molecule has 10 aliphatic rings. The molecule has 320 valence electrons. The fraction of sp³-hybridized carbons (Fsp3) is 0.818. The van der Waals surface area contributed by atoms with Crippen molar-refractivity contribution in [2.75, 3.05) is 0 Å². The van der Waals surface area contributed by atoms with Crippen molar-refractivity contribution in [2.45, 2.75) is 150 Å². The van der Waals surface area contributed by atoms with Crippen LogP contribution in [0.1, 0.15) is 41.0 Å². The summed E-state index contributed by atoms with van der Waals surface area (Å²) < 4.78 is 297. The molecule has 6 aliphatic carbocycles. The zero-order chi connectivity index (χ0) is 42.0. The van der Waals surface area contributed by atoms with Gasteiger partial charge in [-0.1, -0.05) is 43.9 Å². The third-order valence-electron chi connectivity index (χ3n) is 13.4. The maximum atomic E-state index is 14.8. The van der Waals surface area contributed by atoms with E-state index < -0.39 is 121 Å². The Bertz CT molecular complexity index is 1590. The van der Waals surface area contributed by atoms with Crippen LogP contribution in [0.2, 0.25) is 0 Å². The predicted octanol–water partition coefficient (Wildman–Crippen LogP) is 10.9. The first-order valence-corrected chi connectivity index (χ1v) is 17.2. The molecule has 0 aromatic heterocycles. The number of rotatable bonds is 0. The van der Waals surface area contributed by atoms with Gasteiger partial charge in [0.1, 0.15) is 12.2 Å². The van der Waals surface area contributed by atoms with Gasteiger partial charge in [-0.3, -0.25) is 0 Å². The van der Waals surface area contributed by atoms with Crippen molar-refractivity contribution in [3.63, 3.8) is 0 Å². The highest BCUT2D eigenvalue weighted by Crippen LogP contribution is 2.78. The van der Waals surface area contributed by atoms with Gasteiger partial charge in [0.05, 0.1) is 10.5 Å². The van der Waals surface area contributed by atoms with Gasteiger partial charge in [-0.2, -0.15) is 52.7 Å². The van der Waals surface area contributed by atoms with Crippen LogP contribution in [0.3, 0.4) is 0 Å². The minimum absolute atomic E-state index is 0. The summed E-state index contributed by atoms with van der Waals surface area (Å²) in [6.07, 6.45) is 0.790. The summed E-state index contributed by atoms with van der Waals surface area (Å²) in [5, 5.41) is -3.47. The lowest BCUT2D eigenvalue weighted by molar-refractivity contribution is -0.271. The van der Waals surface area contributed by atoms with E-state index in [2.05, 4.69) is 4.74 Å². The molecule has 0 amide bonds. The summed E-state index contributed by atoms with van der Waals surface area (Å²) in [5.41, 5.74) is -37.7. The van der Waals surface area contributed by atoms with Gasteiger partial charge < -0.3 is 4.74 Å². The van der Waals surface area contributed by atoms with E-state index in [0.29, 0.717) is 17.8 Å². The van der Waals surface area contributed by atoms with Gasteiger partial charge in [0.15, 0.2) is 5.67 Å². The summed E-state index contributed by atoms with van der Waals surface area (Å²) in [6, 6.07) is 0. The van der Waals surface area contributed by atoms with Crippen LogP contribution in [0.5, 0.6) is 0 Å². The van der Waals surface area contributed by atoms with Crippen molar-refractivity contribution >= 4 is 11.8 Å². The van der Waals surface area contributed by atoms with Crippen molar-refractivity contribution in [2.24, 2.45) is 11.8 Å². The average Bonchev–Trinajstić information content (AvgIpc) is 3.89. The molecule has 4 aliphatic heterocycles. The van der Waals surface area contributed by atoms with Gasteiger partial charge in [0, 0.05) is 11.8 Å². The van der Waals surface area contributed by atoms with E-state index in [0.717, 1.165) is 30.4 Å². The first-order chi connectivity index (χ1) is 24.4. The van der Waals surface area contributed by atoms with Crippen LogP contribution in [-0.4, -0.2) is 109 Å². The van der Waals surface area contributed by atoms with Gasteiger partial charge in [-0.25, -0.2) is 39.5 Å². The molecular formula is C33H29F21OS. The number of hydrogen-bond acceptors (Lipinski definition) is 2. The topological polar surface area (TPSA) is 9.23 Å². The van der Waals surface area contributed by atoms with E-state index in [4.69, 9.17) is 0 Å². The number of halogens is 21. The van der Waals surface area contributed by atoms with Crippen LogP contribution in [0.4, 0.5) is 92.2 Å². The van der Waals surface area contributed by atoms with Crippen LogP contribution in [-0.2, 0) is 4.74 Å². The molecular weight excluding hydrogens is 843 g/mol. The SMILES string of the molecule is C.CC1(F)C(F)(F)C(F)(F)C2(F)C3C=CC(CC3)C12F.CC1(F)C(F)(F)C(F)(F)C2(F)C3C=CC(O3)C12F.CC1(F)C(F)(F)C(F)(F)C2(F)C3C=CC(S3)C12F. The minimum atomic E-state index is -5.50. The Hall–Kier alpha value is -1.94. The van der Waals surface area contributed by atoms with E-state index in [1.54, 1.807) is 0 Å². The standard InChI is InChI=1S/C12H11F7.C10H7F7O.C10H7F7S.CH4/c1-8(13)9(14)6-2-4-7(5-3-6)10(9,15)12(18,19)11(8,16)17;2*1-6(11)7(12)4-2-3-5(18-4)8(7,13)10(16,17)9(6,14)15;/h2,4,6-7H,3,5H2,1H3;2*2-5H,1H3;1H4. The molecule has 0 aromatic carbocycles. The maximum absolute atomic E-state index is 14.8. The molecule has 0 aromatic rings. The summed E-state index contributed by atoms with van der Waals surface area (Å²) in [6.45, 7) is -0.00569. The van der Waals surface area contributed by atoms with Gasteiger partial charge in [0.25, 0.3) is 0 Å². The molecule has 15 unspecified atom stereocenters. The zero-order valence-electron chi connectivity index (χ0n) is 27.6. The molecule has 6 bridgehead atoms. The first-order valence-electron chi connectivity index (χ1n) is 16.2. The van der Waals surface area contributed by atoms with E-state index in [1.165, 1.54) is 0 Å². The first kappa shape index (κ1) is 43.6. The molecule has 0 N–H and O–H groups in total. The molecule has 10 rings (SSSR count). The quantitative estimate of drug-likeness (QED) is 0.177. The smallest absolute Gasteiger partial charge is 0.353 e. The molecule has 1 nitrogen and oxygen atoms in total. The molecule has 0 spiro atoms. The van der Waals surface area contributed by atoms with Crippen LogP contribution in [0.15, 0.2) is 36.5 Å². The average molecular weight is 873 g/mol. The van der Waals surface area contributed by atoms with Gasteiger partial charge in [-0.15, -0.1) is 11.8 Å². The second kappa shape index (κ2) is 10.7. The Labute approximate surface area is 307 Å². The van der Waals surface area contributed by atoms with Crippen molar-refractivity contribution < 1.29 is 96.9 Å². The summed E-state index contributed by atoms with van der Waals surface area (Å²) in [4.78, 5) is 0. The lowest BCUT2D eigenvalue weighted by Gasteiger charge is -2.52. The van der Waals surface area contributed by atoms with Crippen molar-refractivity contribution in [3.8, 4) is 0 Å². The molecule has 4 saturated carbocycles. The molecule has 2 saturated heterocycles. The number of ether oxygens (including phenoxy) is 1. The van der Waals surface area contributed by atoms with Crippen molar-refractivity contribution in [1.82, 2.24) is 0 Å². The molecule has 15 atom stereocenters. The second-order valence-corrected chi connectivity index (χ2v) is 16.9. The Morgan fingerprint density at radius 3 is 1.07 bits per heavy atom. The summed E-state index contributed by atoms with van der Waals surface area (Å²) in [7, 11) is 0. The Balaban J connectivity index is 0.000000141. The summed E-state index contributed by atoms with van der Waals surface area (Å²) >= 11 is 0.412. The number of hydrogen-bond donors (Lipinski definition) is 0. The van der Waals surface area contributed by atoms with Gasteiger partial charge in [0.2, 0.25) is 45.4 Å². The molecule has 23 heteroatoms. The monoisotopic (exact) mass is 872 g/mol. The Kier molecular flexibility index (Phi) is 8.32. The third kappa shape index (κ3) is 3.50. The molecule has 56 heavy (non-hydrogen) atoms. The predicted molar refractivity (Wildman–Crippen MR) is 155 cm³/mol. The lowest BCUT2D eigenvalue weighted by atomic mass is 9.57. The van der Waals surface area contributed by atoms with E-state index in [9.17, 15) is 92.2 Å². The Morgan fingerprint density at radius 2 is 0.696 bits per heavy atom. The van der Waals surface area contributed by atoms with E-state index in [-0.39, 0.29) is 41.0 Å². The van der Waals surface area contributed by atoms with Crippen LogP contribution >= 0.6 is 11.8 Å². The number of fused-ring (bicyclic) bond motifs is 11. The van der Waals surface area contributed by atoms with Crippen LogP contribution in [0, 0.1) is 11.8 Å².